The van der Waals surface area contributed by atoms with Crippen LogP contribution >= 0.6 is 11.8 Å². The largest absolute Gasteiger partial charge is 0.327 e. The molecule has 2 unspecified atom stereocenters. The maximum absolute atomic E-state index is 5.94. The molecule has 70 valence electrons. The fraction of sp³-hybridized carbons (Fsp3) is 1.00. The molecule has 0 bridgehead atoms. The Balaban J connectivity index is 1.85. The Kier molecular flexibility index (Phi) is 2.94. The molecular formula is C9H18N2S. The highest BCUT2D eigenvalue weighted by Crippen LogP contribution is 2.24. The predicted octanol–water partition coefficient (Wildman–Crippen LogP) is 0.915. The summed E-state index contributed by atoms with van der Waals surface area (Å²) in [6, 6.07) is 1.30. The van der Waals surface area contributed by atoms with Crippen LogP contribution in [0.1, 0.15) is 19.3 Å². The number of nitrogens with zero attached hydrogens (tertiary/aromatic N) is 1. The number of hydrogen-bond donors (Lipinski definition) is 1. The lowest BCUT2D eigenvalue weighted by molar-refractivity contribution is 0.162. The quantitative estimate of drug-likeness (QED) is 0.660. The minimum Gasteiger partial charge on any atom is -0.327 e. The second kappa shape index (κ2) is 3.99. The van der Waals surface area contributed by atoms with Gasteiger partial charge >= 0.3 is 0 Å². The highest BCUT2D eigenvalue weighted by atomic mass is 32.2. The van der Waals surface area contributed by atoms with Crippen LogP contribution in [-0.4, -0.2) is 41.6 Å². The van der Waals surface area contributed by atoms with Crippen LogP contribution in [0.25, 0.3) is 0 Å². The van der Waals surface area contributed by atoms with Gasteiger partial charge in [0.2, 0.25) is 0 Å². The third-order valence-corrected chi connectivity index (χ3v) is 4.06. The topological polar surface area (TPSA) is 29.3 Å². The van der Waals surface area contributed by atoms with Gasteiger partial charge < -0.3 is 5.73 Å². The molecule has 2 heterocycles. The van der Waals surface area contributed by atoms with Crippen LogP contribution in [-0.2, 0) is 0 Å². The summed E-state index contributed by atoms with van der Waals surface area (Å²) < 4.78 is 0. The molecule has 0 amide bonds. The molecule has 2 N–H and O–H groups in total. The second-order valence-corrected chi connectivity index (χ2v) is 5.06. The monoisotopic (exact) mass is 186 g/mol. The van der Waals surface area contributed by atoms with Crippen molar-refractivity contribution in [3.05, 3.63) is 0 Å². The van der Waals surface area contributed by atoms with Crippen molar-refractivity contribution in [2.45, 2.75) is 31.3 Å². The minimum absolute atomic E-state index is 0.448. The van der Waals surface area contributed by atoms with Gasteiger partial charge in [0.25, 0.3) is 0 Å². The van der Waals surface area contributed by atoms with Crippen molar-refractivity contribution in [1.82, 2.24) is 4.90 Å². The summed E-state index contributed by atoms with van der Waals surface area (Å²) in [7, 11) is 0. The summed E-state index contributed by atoms with van der Waals surface area (Å²) in [5, 5.41) is 0. The second-order valence-electron chi connectivity index (χ2n) is 3.91. The van der Waals surface area contributed by atoms with E-state index in [-0.39, 0.29) is 0 Å². The highest BCUT2D eigenvalue weighted by molar-refractivity contribution is 7.99. The first kappa shape index (κ1) is 8.85. The van der Waals surface area contributed by atoms with Crippen molar-refractivity contribution in [3.8, 4) is 0 Å². The fourth-order valence-corrected chi connectivity index (χ4v) is 3.44. The standard InChI is InChI=1S/C9H18N2S/c10-8-2-1-4-11(6-8)9-3-5-12-7-9/h8-9H,1-7,10H2. The van der Waals surface area contributed by atoms with E-state index in [0.29, 0.717) is 6.04 Å². The van der Waals surface area contributed by atoms with E-state index in [4.69, 9.17) is 5.73 Å². The van der Waals surface area contributed by atoms with E-state index >= 15 is 0 Å². The SMILES string of the molecule is NC1CCCN(C2CCSC2)C1. The van der Waals surface area contributed by atoms with Crippen LogP contribution in [0.3, 0.4) is 0 Å². The Bertz CT molecular complexity index is 145. The zero-order valence-corrected chi connectivity index (χ0v) is 8.35. The molecule has 2 nitrogen and oxygen atoms in total. The predicted molar refractivity (Wildman–Crippen MR) is 54.5 cm³/mol. The molecule has 0 radical (unpaired) electrons. The molecule has 0 spiro atoms. The van der Waals surface area contributed by atoms with E-state index < -0.39 is 0 Å². The molecule has 0 aromatic heterocycles. The van der Waals surface area contributed by atoms with Crippen molar-refractivity contribution in [1.29, 1.82) is 0 Å². The first-order valence-electron chi connectivity index (χ1n) is 4.93. The first-order valence-corrected chi connectivity index (χ1v) is 6.09. The Morgan fingerprint density at radius 3 is 2.92 bits per heavy atom. The Hall–Kier alpha value is 0.270. The molecule has 2 aliphatic heterocycles. The van der Waals surface area contributed by atoms with Crippen LogP contribution in [0.5, 0.6) is 0 Å². The number of hydrogen-bond acceptors (Lipinski definition) is 3. The maximum atomic E-state index is 5.94. The van der Waals surface area contributed by atoms with Gasteiger partial charge in [-0.1, -0.05) is 0 Å². The van der Waals surface area contributed by atoms with Crippen molar-refractivity contribution in [2.24, 2.45) is 5.73 Å². The van der Waals surface area contributed by atoms with Crippen molar-refractivity contribution in [3.63, 3.8) is 0 Å². The lowest BCUT2D eigenvalue weighted by Gasteiger charge is -2.34. The molecule has 12 heavy (non-hydrogen) atoms. The van der Waals surface area contributed by atoms with E-state index in [1.807, 2.05) is 0 Å². The van der Waals surface area contributed by atoms with E-state index in [1.165, 1.54) is 37.3 Å². The van der Waals surface area contributed by atoms with Gasteiger partial charge in [0.15, 0.2) is 0 Å². The summed E-state index contributed by atoms with van der Waals surface area (Å²) in [6.45, 7) is 2.43. The van der Waals surface area contributed by atoms with Crippen LogP contribution in [0.2, 0.25) is 0 Å². The van der Waals surface area contributed by atoms with Crippen LogP contribution in [0.15, 0.2) is 0 Å². The first-order chi connectivity index (χ1) is 5.86. The van der Waals surface area contributed by atoms with E-state index in [9.17, 15) is 0 Å². The number of piperidine rings is 1. The summed E-state index contributed by atoms with van der Waals surface area (Å²) in [5.41, 5.74) is 5.94. The van der Waals surface area contributed by atoms with Crippen molar-refractivity contribution >= 4 is 11.8 Å². The van der Waals surface area contributed by atoms with Crippen LogP contribution in [0, 0.1) is 0 Å². The van der Waals surface area contributed by atoms with E-state index in [1.54, 1.807) is 0 Å². The number of nitrogens with two attached hydrogens (primary N) is 1. The zero-order valence-electron chi connectivity index (χ0n) is 7.54. The minimum atomic E-state index is 0.448. The average Bonchev–Trinajstić information content (AvgIpc) is 2.56. The molecule has 2 atom stereocenters. The average molecular weight is 186 g/mol. The molecule has 2 rings (SSSR count). The van der Waals surface area contributed by atoms with Crippen molar-refractivity contribution < 1.29 is 0 Å². The fourth-order valence-electron chi connectivity index (χ4n) is 2.18. The van der Waals surface area contributed by atoms with Gasteiger partial charge in [0.05, 0.1) is 0 Å². The molecule has 0 saturated carbocycles. The third kappa shape index (κ3) is 1.95. The molecule has 0 aliphatic carbocycles. The molecule has 0 aromatic rings. The summed E-state index contributed by atoms with van der Waals surface area (Å²) in [5.74, 6) is 2.70. The lowest BCUT2D eigenvalue weighted by atomic mass is 10.0. The van der Waals surface area contributed by atoms with Crippen molar-refractivity contribution in [2.75, 3.05) is 24.6 Å². The zero-order chi connectivity index (χ0) is 8.39. The number of thioether (sulfide) groups is 1. The lowest BCUT2D eigenvalue weighted by Crippen LogP contribution is -2.47. The summed E-state index contributed by atoms with van der Waals surface area (Å²) >= 11 is 2.09. The molecule has 2 fully saturated rings. The number of likely N-dealkylation sites (tertiary alicyclic amines) is 1. The van der Waals surface area contributed by atoms with Gasteiger partial charge in [-0.05, 0) is 31.6 Å². The smallest absolute Gasteiger partial charge is 0.0194 e. The number of rotatable bonds is 1. The van der Waals surface area contributed by atoms with Crippen LogP contribution in [0.4, 0.5) is 0 Å². The van der Waals surface area contributed by atoms with Gasteiger partial charge in [-0.2, -0.15) is 11.8 Å². The maximum Gasteiger partial charge on any atom is 0.0194 e. The highest BCUT2D eigenvalue weighted by Gasteiger charge is 2.26. The molecule has 2 aliphatic rings. The Labute approximate surface area is 78.9 Å². The summed E-state index contributed by atoms with van der Waals surface area (Å²) in [6.07, 6.45) is 3.93. The van der Waals surface area contributed by atoms with Gasteiger partial charge in [-0.15, -0.1) is 0 Å². The van der Waals surface area contributed by atoms with Gasteiger partial charge in [0.1, 0.15) is 0 Å². The Morgan fingerprint density at radius 1 is 1.33 bits per heavy atom. The third-order valence-electron chi connectivity index (χ3n) is 2.91. The van der Waals surface area contributed by atoms with Crippen LogP contribution < -0.4 is 5.73 Å². The molecular weight excluding hydrogens is 168 g/mol. The summed E-state index contributed by atoms with van der Waals surface area (Å²) in [4.78, 5) is 2.61. The molecule has 3 heteroatoms. The molecule has 2 saturated heterocycles. The normalized spacial score (nSPS) is 38.8. The molecule has 0 aromatic carbocycles. The van der Waals surface area contributed by atoms with Gasteiger partial charge in [-0.3, -0.25) is 4.90 Å². The Morgan fingerprint density at radius 2 is 2.25 bits per heavy atom. The van der Waals surface area contributed by atoms with Gasteiger partial charge in [-0.25, -0.2) is 0 Å². The van der Waals surface area contributed by atoms with Gasteiger partial charge in [0, 0.05) is 24.4 Å². The van der Waals surface area contributed by atoms with E-state index in [0.717, 1.165) is 12.6 Å². The van der Waals surface area contributed by atoms with E-state index in [2.05, 4.69) is 16.7 Å².